The zero-order chi connectivity index (χ0) is 15.2. The van der Waals surface area contributed by atoms with Gasteiger partial charge < -0.3 is 4.74 Å². The van der Waals surface area contributed by atoms with Crippen molar-refractivity contribution in [3.05, 3.63) is 66.2 Å². The molecule has 4 heteroatoms. The molecule has 0 aromatic heterocycles. The summed E-state index contributed by atoms with van der Waals surface area (Å²) in [6, 6.07) is 19.7. The van der Waals surface area contributed by atoms with Crippen molar-refractivity contribution in [3.63, 3.8) is 0 Å². The van der Waals surface area contributed by atoms with Crippen molar-refractivity contribution in [2.24, 2.45) is 4.99 Å². The molecule has 114 valence electrons. The number of para-hydroxylation sites is 1. The van der Waals surface area contributed by atoms with Gasteiger partial charge in [0, 0.05) is 5.56 Å². The Hall–Kier alpha value is -2.33. The van der Waals surface area contributed by atoms with Crippen molar-refractivity contribution < 1.29 is 9.94 Å². The van der Waals surface area contributed by atoms with Gasteiger partial charge in [-0.1, -0.05) is 48.5 Å². The Balaban J connectivity index is 1.49. The molecule has 1 atom stereocenters. The van der Waals surface area contributed by atoms with Crippen LogP contribution in [0, 0.1) is 0 Å². The minimum atomic E-state index is 0.125. The average molecular weight is 296 g/mol. The number of hydroxylamine groups is 2. The maximum Gasteiger partial charge on any atom is 0.155 e. The zero-order valence-electron chi connectivity index (χ0n) is 12.4. The van der Waals surface area contributed by atoms with Gasteiger partial charge in [-0.15, -0.1) is 0 Å². The number of hydrogen-bond donors (Lipinski definition) is 1. The van der Waals surface area contributed by atoms with Crippen LogP contribution in [-0.4, -0.2) is 35.3 Å². The summed E-state index contributed by atoms with van der Waals surface area (Å²) in [5.41, 5.74) is 0.952. The summed E-state index contributed by atoms with van der Waals surface area (Å²) in [5, 5.41) is 11.3. The predicted octanol–water partition coefficient (Wildman–Crippen LogP) is 3.37. The van der Waals surface area contributed by atoms with Crippen LogP contribution >= 0.6 is 0 Å². The summed E-state index contributed by atoms with van der Waals surface area (Å²) < 4.78 is 5.68. The minimum Gasteiger partial charge on any atom is -0.494 e. The van der Waals surface area contributed by atoms with Crippen LogP contribution in [0.4, 0.5) is 0 Å². The Morgan fingerprint density at radius 1 is 1.05 bits per heavy atom. The molecule has 0 spiro atoms. The van der Waals surface area contributed by atoms with E-state index in [1.807, 2.05) is 60.7 Å². The molecule has 0 aliphatic carbocycles. The highest BCUT2D eigenvalue weighted by Crippen LogP contribution is 2.17. The van der Waals surface area contributed by atoms with Crippen LogP contribution in [0.3, 0.4) is 0 Å². The van der Waals surface area contributed by atoms with Gasteiger partial charge in [-0.05, 0) is 25.0 Å². The predicted molar refractivity (Wildman–Crippen MR) is 86.4 cm³/mol. The van der Waals surface area contributed by atoms with E-state index >= 15 is 0 Å². The smallest absolute Gasteiger partial charge is 0.155 e. The zero-order valence-corrected chi connectivity index (χ0v) is 12.4. The molecule has 1 heterocycles. The number of rotatable bonds is 6. The molecule has 1 aliphatic heterocycles. The van der Waals surface area contributed by atoms with Crippen LogP contribution < -0.4 is 4.74 Å². The van der Waals surface area contributed by atoms with Gasteiger partial charge in [0.2, 0.25) is 0 Å². The Labute approximate surface area is 130 Å². The number of ether oxygens (including phenoxy) is 1. The van der Waals surface area contributed by atoms with E-state index in [0.717, 1.165) is 24.2 Å². The summed E-state index contributed by atoms with van der Waals surface area (Å²) in [6.07, 6.45) is 1.82. The first kappa shape index (κ1) is 14.6. The molecule has 0 bridgehead atoms. The Morgan fingerprint density at radius 2 is 1.73 bits per heavy atom. The summed E-state index contributed by atoms with van der Waals surface area (Å²) in [7, 11) is 0. The average Bonchev–Trinajstić information content (AvgIpc) is 2.94. The van der Waals surface area contributed by atoms with E-state index in [0.29, 0.717) is 19.0 Å². The molecule has 0 radical (unpaired) electrons. The normalized spacial score (nSPS) is 17.4. The van der Waals surface area contributed by atoms with Crippen molar-refractivity contribution >= 4 is 5.84 Å². The second-order valence-corrected chi connectivity index (χ2v) is 5.36. The van der Waals surface area contributed by atoms with Crippen LogP contribution in [0.25, 0.3) is 0 Å². The first-order valence-corrected chi connectivity index (χ1v) is 7.60. The van der Waals surface area contributed by atoms with E-state index in [2.05, 4.69) is 4.99 Å². The van der Waals surface area contributed by atoms with E-state index in [-0.39, 0.29) is 6.04 Å². The fraction of sp³-hybridized carbons (Fsp3) is 0.278. The second kappa shape index (κ2) is 7.09. The lowest BCUT2D eigenvalue weighted by atomic mass is 10.2. The van der Waals surface area contributed by atoms with Gasteiger partial charge >= 0.3 is 0 Å². The van der Waals surface area contributed by atoms with Gasteiger partial charge in [-0.25, -0.2) is 5.06 Å². The fourth-order valence-corrected chi connectivity index (χ4v) is 2.56. The number of nitrogens with zero attached hydrogens (tertiary/aromatic N) is 2. The van der Waals surface area contributed by atoms with Gasteiger partial charge in [0.05, 0.1) is 19.2 Å². The van der Waals surface area contributed by atoms with Crippen LogP contribution in [0.1, 0.15) is 18.4 Å². The van der Waals surface area contributed by atoms with Gasteiger partial charge in [0.1, 0.15) is 5.75 Å². The van der Waals surface area contributed by atoms with Crippen molar-refractivity contribution in [2.45, 2.75) is 18.9 Å². The van der Waals surface area contributed by atoms with E-state index in [1.165, 1.54) is 5.06 Å². The molecule has 1 aliphatic rings. The fourth-order valence-electron chi connectivity index (χ4n) is 2.56. The van der Waals surface area contributed by atoms with E-state index in [9.17, 15) is 5.21 Å². The molecule has 2 aromatic rings. The minimum absolute atomic E-state index is 0.125. The van der Waals surface area contributed by atoms with Gasteiger partial charge in [0.15, 0.2) is 5.84 Å². The molecular formula is C18H20N2O2. The molecule has 2 aromatic carbocycles. The summed E-state index contributed by atoms with van der Waals surface area (Å²) in [5.74, 6) is 1.56. The highest BCUT2D eigenvalue weighted by Gasteiger charge is 2.24. The number of aliphatic imine (C=N–C) groups is 1. The monoisotopic (exact) mass is 296 g/mol. The van der Waals surface area contributed by atoms with Crippen LogP contribution in [0.15, 0.2) is 65.7 Å². The van der Waals surface area contributed by atoms with Gasteiger partial charge in [-0.2, -0.15) is 0 Å². The molecule has 0 amide bonds. The molecule has 0 fully saturated rings. The maximum atomic E-state index is 10.0. The van der Waals surface area contributed by atoms with E-state index in [4.69, 9.17) is 4.74 Å². The first-order valence-electron chi connectivity index (χ1n) is 7.60. The third-order valence-corrected chi connectivity index (χ3v) is 3.66. The third-order valence-electron chi connectivity index (χ3n) is 3.66. The molecule has 22 heavy (non-hydrogen) atoms. The summed E-state index contributed by atoms with van der Waals surface area (Å²) in [4.78, 5) is 4.62. The van der Waals surface area contributed by atoms with E-state index < -0.39 is 0 Å². The standard InChI is InChI=1S/C18H20N2O2/c21-20-14-16(19-18(20)15-8-3-1-4-9-15)10-7-13-22-17-11-5-2-6-12-17/h1-6,8-9,11-12,16,21H,7,10,13-14H2. The highest BCUT2D eigenvalue weighted by molar-refractivity contribution is 5.99. The Morgan fingerprint density at radius 3 is 2.45 bits per heavy atom. The third kappa shape index (κ3) is 3.65. The molecule has 3 rings (SSSR count). The molecule has 0 saturated carbocycles. The molecule has 1 unspecified atom stereocenters. The van der Waals surface area contributed by atoms with Gasteiger partial charge in [0.25, 0.3) is 0 Å². The van der Waals surface area contributed by atoms with Crippen molar-refractivity contribution in [1.82, 2.24) is 5.06 Å². The molecule has 4 nitrogen and oxygen atoms in total. The summed E-state index contributed by atoms with van der Waals surface area (Å²) in [6.45, 7) is 1.22. The lowest BCUT2D eigenvalue weighted by molar-refractivity contribution is -0.00797. The molecule has 1 N–H and O–H groups in total. The van der Waals surface area contributed by atoms with E-state index in [1.54, 1.807) is 0 Å². The topological polar surface area (TPSA) is 45.1 Å². The SMILES string of the molecule is ON1CC(CCCOc2ccccc2)N=C1c1ccccc1. The number of benzene rings is 2. The van der Waals surface area contributed by atoms with Crippen LogP contribution in [-0.2, 0) is 0 Å². The Bertz CT molecular complexity index is 613. The van der Waals surface area contributed by atoms with Crippen molar-refractivity contribution in [3.8, 4) is 5.75 Å². The lowest BCUT2D eigenvalue weighted by Gasteiger charge is -2.12. The van der Waals surface area contributed by atoms with Crippen LogP contribution in [0.5, 0.6) is 5.75 Å². The first-order chi connectivity index (χ1) is 10.8. The molecule has 0 saturated heterocycles. The second-order valence-electron chi connectivity index (χ2n) is 5.36. The number of amidine groups is 1. The molecular weight excluding hydrogens is 276 g/mol. The van der Waals surface area contributed by atoms with Crippen LogP contribution in [0.2, 0.25) is 0 Å². The quantitative estimate of drug-likeness (QED) is 0.831. The van der Waals surface area contributed by atoms with Gasteiger partial charge in [-0.3, -0.25) is 10.2 Å². The largest absolute Gasteiger partial charge is 0.494 e. The van der Waals surface area contributed by atoms with Crippen molar-refractivity contribution in [1.29, 1.82) is 0 Å². The number of hydrogen-bond acceptors (Lipinski definition) is 4. The van der Waals surface area contributed by atoms with Crippen molar-refractivity contribution in [2.75, 3.05) is 13.2 Å². The highest BCUT2D eigenvalue weighted by atomic mass is 16.5. The Kier molecular flexibility index (Phi) is 4.71. The summed E-state index contributed by atoms with van der Waals surface area (Å²) >= 11 is 0. The maximum absolute atomic E-state index is 10.0. The lowest BCUT2D eigenvalue weighted by Crippen LogP contribution is -2.26.